The van der Waals surface area contributed by atoms with Gasteiger partial charge in [0.1, 0.15) is 0 Å². The highest BCUT2D eigenvalue weighted by Crippen LogP contribution is 2.13. The maximum Gasteiger partial charge on any atom is 0.419 e. The molecule has 0 fully saturated rings. The van der Waals surface area contributed by atoms with Crippen LogP contribution in [0.25, 0.3) is 11.1 Å². The first kappa shape index (κ1) is 9.52. The number of nitrogens with zero attached hydrogens (tertiary/aromatic N) is 1. The zero-order chi connectivity index (χ0) is 10.1. The SMILES string of the molecule is CC(Br)Cn1c(=O)oc2ccccc21. The summed E-state index contributed by atoms with van der Waals surface area (Å²) in [5.74, 6) is -0.294. The van der Waals surface area contributed by atoms with Gasteiger partial charge in [0.2, 0.25) is 0 Å². The van der Waals surface area contributed by atoms with Gasteiger partial charge in [0, 0.05) is 11.4 Å². The Labute approximate surface area is 89.5 Å². The Morgan fingerprint density at radius 1 is 1.50 bits per heavy atom. The van der Waals surface area contributed by atoms with Crippen LogP contribution in [-0.4, -0.2) is 9.39 Å². The van der Waals surface area contributed by atoms with Crippen LogP contribution in [0.1, 0.15) is 6.92 Å². The van der Waals surface area contributed by atoms with E-state index in [0.717, 1.165) is 5.52 Å². The molecule has 14 heavy (non-hydrogen) atoms. The van der Waals surface area contributed by atoms with Crippen molar-refractivity contribution in [3.8, 4) is 0 Å². The highest BCUT2D eigenvalue weighted by atomic mass is 79.9. The molecule has 4 heteroatoms. The third kappa shape index (κ3) is 1.62. The summed E-state index contributed by atoms with van der Waals surface area (Å²) in [7, 11) is 0. The largest absolute Gasteiger partial charge is 0.419 e. The monoisotopic (exact) mass is 255 g/mol. The van der Waals surface area contributed by atoms with Gasteiger partial charge in [-0.1, -0.05) is 35.0 Å². The fourth-order valence-electron chi connectivity index (χ4n) is 1.44. The number of oxazole rings is 1. The van der Waals surface area contributed by atoms with Crippen LogP contribution in [0.15, 0.2) is 33.5 Å². The summed E-state index contributed by atoms with van der Waals surface area (Å²) < 4.78 is 6.72. The predicted molar refractivity (Wildman–Crippen MR) is 58.9 cm³/mol. The van der Waals surface area contributed by atoms with Crippen LogP contribution in [0, 0.1) is 0 Å². The number of rotatable bonds is 2. The third-order valence-electron chi connectivity index (χ3n) is 2.01. The van der Waals surface area contributed by atoms with Crippen LogP contribution in [0.3, 0.4) is 0 Å². The van der Waals surface area contributed by atoms with Crippen LogP contribution in [0.4, 0.5) is 0 Å². The van der Waals surface area contributed by atoms with Gasteiger partial charge in [-0.25, -0.2) is 4.79 Å². The normalized spacial score (nSPS) is 13.3. The molecule has 1 atom stereocenters. The lowest BCUT2D eigenvalue weighted by Crippen LogP contribution is -2.18. The van der Waals surface area contributed by atoms with Gasteiger partial charge in [0.05, 0.1) is 5.52 Å². The lowest BCUT2D eigenvalue weighted by molar-refractivity contribution is 0.506. The lowest BCUT2D eigenvalue weighted by Gasteiger charge is -2.02. The van der Waals surface area contributed by atoms with Crippen molar-refractivity contribution in [3.63, 3.8) is 0 Å². The smallest absolute Gasteiger partial charge is 0.408 e. The van der Waals surface area contributed by atoms with Crippen molar-refractivity contribution >= 4 is 27.0 Å². The summed E-state index contributed by atoms with van der Waals surface area (Å²) in [5.41, 5.74) is 1.49. The van der Waals surface area contributed by atoms with Crippen molar-refractivity contribution in [1.29, 1.82) is 0 Å². The number of halogens is 1. The zero-order valence-corrected chi connectivity index (χ0v) is 9.32. The molecule has 1 unspecified atom stereocenters. The lowest BCUT2D eigenvalue weighted by atomic mass is 10.3. The first-order chi connectivity index (χ1) is 6.68. The Morgan fingerprint density at radius 2 is 2.21 bits per heavy atom. The second-order valence-electron chi connectivity index (χ2n) is 3.23. The fourth-order valence-corrected chi connectivity index (χ4v) is 1.73. The van der Waals surface area contributed by atoms with Crippen molar-refractivity contribution in [2.75, 3.05) is 0 Å². The summed E-state index contributed by atoms with van der Waals surface area (Å²) in [6.45, 7) is 2.62. The van der Waals surface area contributed by atoms with Crippen molar-refractivity contribution in [2.45, 2.75) is 18.3 Å². The minimum absolute atomic E-state index is 0.251. The van der Waals surface area contributed by atoms with E-state index in [0.29, 0.717) is 12.1 Å². The van der Waals surface area contributed by atoms with Gasteiger partial charge in [0.25, 0.3) is 0 Å². The Balaban J connectivity index is 2.62. The van der Waals surface area contributed by atoms with Crippen LogP contribution in [0.2, 0.25) is 0 Å². The van der Waals surface area contributed by atoms with Gasteiger partial charge < -0.3 is 4.42 Å². The molecule has 2 rings (SSSR count). The third-order valence-corrected chi connectivity index (χ3v) is 2.30. The summed E-state index contributed by atoms with van der Waals surface area (Å²) in [6.07, 6.45) is 0. The molecule has 0 aliphatic carbocycles. The number of alkyl halides is 1. The molecule has 0 spiro atoms. The van der Waals surface area contributed by atoms with Crippen molar-refractivity contribution in [2.24, 2.45) is 0 Å². The van der Waals surface area contributed by atoms with Gasteiger partial charge >= 0.3 is 5.76 Å². The molecule has 1 heterocycles. The summed E-state index contributed by atoms with van der Waals surface area (Å²) in [5, 5.41) is 0. The molecule has 0 saturated carbocycles. The average molecular weight is 256 g/mol. The average Bonchev–Trinajstić information content (AvgIpc) is 2.43. The Kier molecular flexibility index (Phi) is 2.46. The topological polar surface area (TPSA) is 35.1 Å². The molecule has 1 aromatic heterocycles. The molecule has 0 saturated heterocycles. The van der Waals surface area contributed by atoms with Crippen molar-refractivity contribution in [3.05, 3.63) is 34.8 Å². The van der Waals surface area contributed by atoms with Gasteiger partial charge in [-0.05, 0) is 12.1 Å². The van der Waals surface area contributed by atoms with E-state index in [-0.39, 0.29) is 10.6 Å². The molecule has 74 valence electrons. The highest BCUT2D eigenvalue weighted by Gasteiger charge is 2.09. The molecule has 0 bridgehead atoms. The number of benzene rings is 1. The van der Waals surface area contributed by atoms with E-state index in [2.05, 4.69) is 15.9 Å². The van der Waals surface area contributed by atoms with E-state index in [1.165, 1.54) is 0 Å². The van der Waals surface area contributed by atoms with Crippen LogP contribution < -0.4 is 5.76 Å². The number of para-hydroxylation sites is 2. The van der Waals surface area contributed by atoms with Gasteiger partial charge in [-0.3, -0.25) is 4.57 Å². The number of hydrogen-bond acceptors (Lipinski definition) is 2. The van der Waals surface area contributed by atoms with Crippen LogP contribution in [0.5, 0.6) is 0 Å². The molecule has 0 aliphatic heterocycles. The minimum Gasteiger partial charge on any atom is -0.408 e. The molecule has 1 aromatic carbocycles. The van der Waals surface area contributed by atoms with Crippen LogP contribution >= 0.6 is 15.9 Å². The van der Waals surface area contributed by atoms with Crippen molar-refractivity contribution < 1.29 is 4.42 Å². The zero-order valence-electron chi connectivity index (χ0n) is 7.74. The number of fused-ring (bicyclic) bond motifs is 1. The molecule has 0 N–H and O–H groups in total. The second kappa shape index (κ2) is 3.61. The van der Waals surface area contributed by atoms with E-state index >= 15 is 0 Å². The first-order valence-corrected chi connectivity index (χ1v) is 5.32. The van der Waals surface area contributed by atoms with E-state index in [1.54, 1.807) is 10.6 Å². The Hall–Kier alpha value is -1.03. The highest BCUT2D eigenvalue weighted by molar-refractivity contribution is 9.09. The predicted octanol–water partition coefficient (Wildman–Crippen LogP) is 2.38. The molecular weight excluding hydrogens is 246 g/mol. The molecule has 2 aromatic rings. The van der Waals surface area contributed by atoms with Crippen molar-refractivity contribution in [1.82, 2.24) is 4.57 Å². The van der Waals surface area contributed by atoms with Gasteiger partial charge in [0.15, 0.2) is 5.58 Å². The number of hydrogen-bond donors (Lipinski definition) is 0. The maximum absolute atomic E-state index is 11.4. The van der Waals surface area contributed by atoms with Crippen LogP contribution in [-0.2, 0) is 6.54 Å². The Morgan fingerprint density at radius 3 is 2.93 bits per heavy atom. The first-order valence-electron chi connectivity index (χ1n) is 4.41. The standard InChI is InChI=1S/C10H10BrNO2/c1-7(11)6-12-8-4-2-3-5-9(8)14-10(12)13/h2-5,7H,6H2,1H3. The quantitative estimate of drug-likeness (QED) is 0.773. The Bertz CT molecular complexity index is 498. The van der Waals surface area contributed by atoms with Gasteiger partial charge in [-0.15, -0.1) is 0 Å². The van der Waals surface area contributed by atoms with Gasteiger partial charge in [-0.2, -0.15) is 0 Å². The maximum atomic E-state index is 11.4. The summed E-state index contributed by atoms with van der Waals surface area (Å²) >= 11 is 3.41. The fraction of sp³-hybridized carbons (Fsp3) is 0.300. The second-order valence-corrected chi connectivity index (χ2v) is 4.79. The minimum atomic E-state index is -0.294. The van der Waals surface area contributed by atoms with E-state index in [1.807, 2.05) is 25.1 Å². The number of aromatic nitrogens is 1. The van der Waals surface area contributed by atoms with E-state index in [4.69, 9.17) is 4.42 Å². The molecule has 0 aliphatic rings. The summed E-state index contributed by atoms with van der Waals surface area (Å²) in [4.78, 5) is 11.7. The van der Waals surface area contributed by atoms with E-state index in [9.17, 15) is 4.79 Å². The molecular formula is C10H10BrNO2. The molecule has 0 radical (unpaired) electrons. The molecule has 3 nitrogen and oxygen atoms in total. The summed E-state index contributed by atoms with van der Waals surface area (Å²) in [6, 6.07) is 7.43. The van der Waals surface area contributed by atoms with E-state index < -0.39 is 0 Å². The molecule has 0 amide bonds.